The first-order valence-corrected chi connectivity index (χ1v) is 7.38. The molecule has 0 radical (unpaired) electrons. The molecule has 104 valence electrons. The Balaban J connectivity index is 1.61. The van der Waals surface area contributed by atoms with Crippen LogP contribution in [0.1, 0.15) is 39.0 Å². The third-order valence-electron chi connectivity index (χ3n) is 4.38. The van der Waals surface area contributed by atoms with E-state index in [1.165, 1.54) is 38.8 Å². The van der Waals surface area contributed by atoms with Gasteiger partial charge in [0.25, 0.3) is 0 Å². The lowest BCUT2D eigenvalue weighted by Gasteiger charge is -2.34. The molecule has 0 saturated carbocycles. The maximum Gasteiger partial charge on any atom is 0.221 e. The summed E-state index contributed by atoms with van der Waals surface area (Å²) in [6.07, 6.45) is 5.59. The number of amides is 1. The normalized spacial score (nSPS) is 24.1. The molecule has 0 atom stereocenters. The summed E-state index contributed by atoms with van der Waals surface area (Å²) < 4.78 is 0. The van der Waals surface area contributed by atoms with Crippen LogP contribution in [0, 0.1) is 5.41 Å². The Kier molecular flexibility index (Phi) is 5.01. The van der Waals surface area contributed by atoms with E-state index in [0.29, 0.717) is 11.8 Å². The fourth-order valence-corrected chi connectivity index (χ4v) is 2.87. The summed E-state index contributed by atoms with van der Waals surface area (Å²) >= 11 is 0. The number of carbonyl (C=O) groups excluding carboxylic acids is 1. The van der Waals surface area contributed by atoms with Gasteiger partial charge in [0, 0.05) is 19.5 Å². The highest BCUT2D eigenvalue weighted by Gasteiger charge is 2.26. The standard InChI is InChI=1S/C14H27N3O/c1-14(5-7-15-8-6-14)12-16-13(18)4-11-17-9-2-3-10-17/h15H,2-12H2,1H3,(H,16,18). The third kappa shape index (κ3) is 4.25. The number of hydrogen-bond donors (Lipinski definition) is 2. The van der Waals surface area contributed by atoms with Gasteiger partial charge in [-0.3, -0.25) is 4.79 Å². The number of piperidine rings is 1. The monoisotopic (exact) mass is 253 g/mol. The molecule has 0 spiro atoms. The predicted molar refractivity (Wildman–Crippen MR) is 73.5 cm³/mol. The quantitative estimate of drug-likeness (QED) is 0.767. The zero-order chi connectivity index (χ0) is 12.8. The maximum atomic E-state index is 11.8. The zero-order valence-corrected chi connectivity index (χ0v) is 11.6. The lowest BCUT2D eigenvalue weighted by Crippen LogP contribution is -2.43. The molecule has 2 aliphatic heterocycles. The molecular weight excluding hydrogens is 226 g/mol. The SMILES string of the molecule is CC1(CNC(=O)CCN2CCCC2)CCNCC1. The number of nitrogens with zero attached hydrogens (tertiary/aromatic N) is 1. The molecule has 2 rings (SSSR count). The van der Waals surface area contributed by atoms with Crippen molar-refractivity contribution in [1.29, 1.82) is 0 Å². The Morgan fingerprint density at radius 3 is 2.61 bits per heavy atom. The Morgan fingerprint density at radius 1 is 1.28 bits per heavy atom. The van der Waals surface area contributed by atoms with Gasteiger partial charge in [0.05, 0.1) is 0 Å². The van der Waals surface area contributed by atoms with E-state index < -0.39 is 0 Å². The smallest absolute Gasteiger partial charge is 0.221 e. The lowest BCUT2D eigenvalue weighted by atomic mass is 9.81. The molecule has 4 heteroatoms. The zero-order valence-electron chi connectivity index (χ0n) is 11.6. The predicted octanol–water partition coefficient (Wildman–Crippen LogP) is 0.978. The third-order valence-corrected chi connectivity index (χ3v) is 4.38. The molecular formula is C14H27N3O. The van der Waals surface area contributed by atoms with Crippen LogP contribution in [0.4, 0.5) is 0 Å². The van der Waals surface area contributed by atoms with Crippen LogP contribution >= 0.6 is 0 Å². The summed E-state index contributed by atoms with van der Waals surface area (Å²) in [4.78, 5) is 14.2. The summed E-state index contributed by atoms with van der Waals surface area (Å²) in [7, 11) is 0. The molecule has 0 aromatic rings. The number of hydrogen-bond acceptors (Lipinski definition) is 3. The molecule has 2 heterocycles. The number of nitrogens with one attached hydrogen (secondary N) is 2. The molecule has 2 N–H and O–H groups in total. The first-order valence-electron chi connectivity index (χ1n) is 7.38. The van der Waals surface area contributed by atoms with E-state index in [4.69, 9.17) is 0 Å². The fraction of sp³-hybridized carbons (Fsp3) is 0.929. The minimum Gasteiger partial charge on any atom is -0.356 e. The van der Waals surface area contributed by atoms with Gasteiger partial charge >= 0.3 is 0 Å². The molecule has 2 aliphatic rings. The summed E-state index contributed by atoms with van der Waals surface area (Å²) in [6, 6.07) is 0. The molecule has 0 aromatic heterocycles. The van der Waals surface area contributed by atoms with Gasteiger partial charge in [0.1, 0.15) is 0 Å². The van der Waals surface area contributed by atoms with Gasteiger partial charge in [-0.15, -0.1) is 0 Å². The summed E-state index contributed by atoms with van der Waals surface area (Å²) in [6.45, 7) is 8.58. The van der Waals surface area contributed by atoms with Gasteiger partial charge < -0.3 is 15.5 Å². The molecule has 4 nitrogen and oxygen atoms in total. The highest BCUT2D eigenvalue weighted by atomic mass is 16.1. The van der Waals surface area contributed by atoms with Crippen molar-refractivity contribution in [3.05, 3.63) is 0 Å². The van der Waals surface area contributed by atoms with Gasteiger partial charge in [-0.1, -0.05) is 6.92 Å². The minimum absolute atomic E-state index is 0.224. The molecule has 0 aliphatic carbocycles. The van der Waals surface area contributed by atoms with Crippen molar-refractivity contribution in [2.24, 2.45) is 5.41 Å². The van der Waals surface area contributed by atoms with Gasteiger partial charge in [0.2, 0.25) is 5.91 Å². The second-order valence-electron chi connectivity index (χ2n) is 6.14. The van der Waals surface area contributed by atoms with Gasteiger partial charge in [-0.05, 0) is 57.3 Å². The minimum atomic E-state index is 0.224. The van der Waals surface area contributed by atoms with Gasteiger partial charge in [-0.25, -0.2) is 0 Å². The topological polar surface area (TPSA) is 44.4 Å². The average Bonchev–Trinajstić information content (AvgIpc) is 2.88. The molecule has 2 saturated heterocycles. The Morgan fingerprint density at radius 2 is 1.94 bits per heavy atom. The van der Waals surface area contributed by atoms with Crippen molar-refractivity contribution >= 4 is 5.91 Å². The molecule has 0 bridgehead atoms. The van der Waals surface area contributed by atoms with Gasteiger partial charge in [-0.2, -0.15) is 0 Å². The van der Waals surface area contributed by atoms with Crippen LogP contribution in [0.2, 0.25) is 0 Å². The lowest BCUT2D eigenvalue weighted by molar-refractivity contribution is -0.121. The van der Waals surface area contributed by atoms with Crippen molar-refractivity contribution in [3.8, 4) is 0 Å². The van der Waals surface area contributed by atoms with E-state index in [0.717, 1.165) is 26.2 Å². The summed E-state index contributed by atoms with van der Waals surface area (Å²) in [5.41, 5.74) is 0.300. The summed E-state index contributed by atoms with van der Waals surface area (Å²) in [5.74, 6) is 0.224. The fourth-order valence-electron chi connectivity index (χ4n) is 2.87. The van der Waals surface area contributed by atoms with Gasteiger partial charge in [0.15, 0.2) is 0 Å². The highest BCUT2D eigenvalue weighted by Crippen LogP contribution is 2.26. The molecule has 18 heavy (non-hydrogen) atoms. The average molecular weight is 253 g/mol. The Labute approximate surface area is 110 Å². The van der Waals surface area contributed by atoms with E-state index in [9.17, 15) is 4.79 Å². The highest BCUT2D eigenvalue weighted by molar-refractivity contribution is 5.76. The first kappa shape index (κ1) is 13.8. The Hall–Kier alpha value is -0.610. The van der Waals surface area contributed by atoms with E-state index in [-0.39, 0.29) is 5.91 Å². The number of likely N-dealkylation sites (tertiary alicyclic amines) is 1. The largest absolute Gasteiger partial charge is 0.356 e. The number of carbonyl (C=O) groups is 1. The van der Waals surface area contributed by atoms with E-state index in [1.54, 1.807) is 0 Å². The van der Waals surface area contributed by atoms with Crippen molar-refractivity contribution < 1.29 is 4.79 Å². The van der Waals surface area contributed by atoms with Crippen molar-refractivity contribution in [1.82, 2.24) is 15.5 Å². The van der Waals surface area contributed by atoms with Crippen LogP contribution in [0.5, 0.6) is 0 Å². The molecule has 2 fully saturated rings. The molecule has 1 amide bonds. The van der Waals surface area contributed by atoms with Crippen LogP contribution in [-0.2, 0) is 4.79 Å². The molecule has 0 unspecified atom stereocenters. The second kappa shape index (κ2) is 6.53. The van der Waals surface area contributed by atoms with Crippen molar-refractivity contribution in [2.75, 3.05) is 39.3 Å². The van der Waals surface area contributed by atoms with E-state index >= 15 is 0 Å². The summed E-state index contributed by atoms with van der Waals surface area (Å²) in [5, 5.41) is 6.49. The van der Waals surface area contributed by atoms with E-state index in [1.807, 2.05) is 0 Å². The maximum absolute atomic E-state index is 11.8. The van der Waals surface area contributed by atoms with Crippen molar-refractivity contribution in [2.45, 2.75) is 39.0 Å². The van der Waals surface area contributed by atoms with Crippen LogP contribution in [0.25, 0.3) is 0 Å². The van der Waals surface area contributed by atoms with Crippen molar-refractivity contribution in [3.63, 3.8) is 0 Å². The van der Waals surface area contributed by atoms with Crippen LogP contribution in [0.15, 0.2) is 0 Å². The van der Waals surface area contributed by atoms with Crippen LogP contribution < -0.4 is 10.6 Å². The van der Waals surface area contributed by atoms with Crippen LogP contribution in [0.3, 0.4) is 0 Å². The Bertz CT molecular complexity index is 268. The first-order chi connectivity index (χ1) is 8.68. The molecule has 0 aromatic carbocycles. The van der Waals surface area contributed by atoms with Crippen LogP contribution in [-0.4, -0.2) is 50.1 Å². The van der Waals surface area contributed by atoms with E-state index in [2.05, 4.69) is 22.5 Å². The second-order valence-corrected chi connectivity index (χ2v) is 6.14. The number of rotatable bonds is 5.